The number of ether oxygens (including phenoxy) is 2. The van der Waals surface area contributed by atoms with Crippen LogP contribution in [-0.4, -0.2) is 46.4 Å². The molecule has 4 aromatic rings. The number of carbonyl (C=O) groups is 2. The lowest BCUT2D eigenvalue weighted by atomic mass is 9.94. The molecule has 0 radical (unpaired) electrons. The van der Waals surface area contributed by atoms with Gasteiger partial charge in [-0.25, -0.2) is 4.39 Å². The molecule has 0 saturated carbocycles. The predicted octanol–water partition coefficient (Wildman–Crippen LogP) is 5.77. The van der Waals surface area contributed by atoms with Gasteiger partial charge in [0.25, 0.3) is 11.7 Å². The molecule has 1 amide bonds. The summed E-state index contributed by atoms with van der Waals surface area (Å²) in [5.74, 6) is -1.25. The average Bonchev–Trinajstić information content (AvgIpc) is 3.47. The highest BCUT2D eigenvalue weighted by Crippen LogP contribution is 2.43. The van der Waals surface area contributed by atoms with Gasteiger partial charge in [-0.05, 0) is 56.2 Å². The summed E-state index contributed by atoms with van der Waals surface area (Å²) in [6, 6.07) is 17.7. The van der Waals surface area contributed by atoms with Crippen LogP contribution in [-0.2, 0) is 16.0 Å². The van der Waals surface area contributed by atoms with Gasteiger partial charge in [-0.2, -0.15) is 0 Å². The lowest BCUT2D eigenvalue weighted by molar-refractivity contribution is -0.139. The number of fused-ring (bicyclic) bond motifs is 1. The molecule has 1 aromatic heterocycles. The Bertz CT molecular complexity index is 1560. The number of nitrogens with one attached hydrogen (secondary N) is 1. The predicted molar refractivity (Wildman–Crippen MR) is 146 cm³/mol. The summed E-state index contributed by atoms with van der Waals surface area (Å²) >= 11 is 0. The van der Waals surface area contributed by atoms with E-state index in [0.717, 1.165) is 16.5 Å². The number of aliphatic hydroxyl groups is 1. The number of nitrogens with zero attached hydrogens (tertiary/aromatic N) is 1. The van der Waals surface area contributed by atoms with Crippen molar-refractivity contribution in [1.29, 1.82) is 0 Å². The number of rotatable bonds is 9. The van der Waals surface area contributed by atoms with Crippen molar-refractivity contribution < 1.29 is 28.6 Å². The lowest BCUT2D eigenvalue weighted by Gasteiger charge is -2.25. The highest BCUT2D eigenvalue weighted by Gasteiger charge is 2.47. The van der Waals surface area contributed by atoms with Gasteiger partial charge in [0.2, 0.25) is 0 Å². The maximum atomic E-state index is 13.5. The number of para-hydroxylation sites is 1. The van der Waals surface area contributed by atoms with E-state index in [1.807, 2.05) is 38.1 Å². The second-order valence-corrected chi connectivity index (χ2v) is 9.18. The van der Waals surface area contributed by atoms with Crippen LogP contribution in [0.4, 0.5) is 4.39 Å². The van der Waals surface area contributed by atoms with Crippen LogP contribution in [0.15, 0.2) is 78.5 Å². The molecule has 1 aliphatic rings. The second kappa shape index (κ2) is 11.0. The number of halogens is 1. The van der Waals surface area contributed by atoms with Crippen LogP contribution in [0, 0.1) is 5.82 Å². The minimum Gasteiger partial charge on any atom is -0.507 e. The fourth-order valence-electron chi connectivity index (χ4n) is 5.03. The van der Waals surface area contributed by atoms with Crippen molar-refractivity contribution in [2.75, 3.05) is 19.8 Å². The van der Waals surface area contributed by atoms with Crippen LogP contribution in [0.3, 0.4) is 0 Å². The molecule has 1 unspecified atom stereocenters. The van der Waals surface area contributed by atoms with E-state index in [9.17, 15) is 19.1 Å². The van der Waals surface area contributed by atoms with E-state index < -0.39 is 17.7 Å². The third-order valence-corrected chi connectivity index (χ3v) is 6.83. The van der Waals surface area contributed by atoms with Gasteiger partial charge >= 0.3 is 0 Å². The van der Waals surface area contributed by atoms with E-state index in [-0.39, 0.29) is 23.7 Å². The lowest BCUT2D eigenvalue weighted by Crippen LogP contribution is -2.31. The van der Waals surface area contributed by atoms with Gasteiger partial charge in [-0.15, -0.1) is 0 Å². The first-order valence-corrected chi connectivity index (χ1v) is 12.9. The number of carbonyl (C=O) groups excluding carboxylic acids is 2. The molecule has 7 nitrogen and oxygen atoms in total. The number of aromatic amines is 1. The van der Waals surface area contributed by atoms with E-state index in [4.69, 9.17) is 9.47 Å². The van der Waals surface area contributed by atoms with Gasteiger partial charge in [0.1, 0.15) is 23.1 Å². The summed E-state index contributed by atoms with van der Waals surface area (Å²) in [5, 5.41) is 12.5. The number of amides is 1. The van der Waals surface area contributed by atoms with Gasteiger partial charge in [0.05, 0.1) is 30.4 Å². The first kappa shape index (κ1) is 26.0. The van der Waals surface area contributed by atoms with E-state index in [0.29, 0.717) is 42.3 Å². The zero-order valence-corrected chi connectivity index (χ0v) is 21.7. The third-order valence-electron chi connectivity index (χ3n) is 6.83. The van der Waals surface area contributed by atoms with Gasteiger partial charge in [-0.1, -0.05) is 30.3 Å². The molecule has 1 saturated heterocycles. The normalized spacial score (nSPS) is 16.7. The molecular formula is C31H29FN2O5. The first-order valence-electron chi connectivity index (χ1n) is 12.9. The Morgan fingerprint density at radius 2 is 1.74 bits per heavy atom. The van der Waals surface area contributed by atoms with Crippen LogP contribution < -0.4 is 9.47 Å². The summed E-state index contributed by atoms with van der Waals surface area (Å²) in [6.45, 7) is 4.66. The standard InChI is InChI=1S/C31H29FN2O5/c1-3-38-21-13-14-23(26(17-21)39-4-2)29(35)27-28(24-18-33-25-8-6-5-7-22(24)25)34(31(37)30(27)36)16-15-19-9-11-20(32)12-10-19/h5-14,17-18,28,33,35H,3-4,15-16H2,1-2H3/b29-27+. The molecule has 2 N–H and O–H groups in total. The fraction of sp³-hybridized carbons (Fsp3) is 0.226. The number of hydrogen-bond donors (Lipinski definition) is 2. The maximum absolute atomic E-state index is 13.5. The topological polar surface area (TPSA) is 91.9 Å². The Morgan fingerprint density at radius 1 is 1.00 bits per heavy atom. The smallest absolute Gasteiger partial charge is 0.295 e. The molecule has 200 valence electrons. The molecule has 1 atom stereocenters. The van der Waals surface area contributed by atoms with E-state index in [1.54, 1.807) is 36.5 Å². The number of benzene rings is 3. The van der Waals surface area contributed by atoms with Crippen molar-refractivity contribution >= 4 is 28.4 Å². The van der Waals surface area contributed by atoms with E-state index in [2.05, 4.69) is 4.98 Å². The molecule has 5 rings (SSSR count). The zero-order chi connectivity index (χ0) is 27.5. The molecule has 3 aromatic carbocycles. The molecule has 0 aliphatic carbocycles. The summed E-state index contributed by atoms with van der Waals surface area (Å²) in [5.41, 5.74) is 2.62. The zero-order valence-electron chi connectivity index (χ0n) is 21.7. The van der Waals surface area contributed by atoms with Crippen molar-refractivity contribution in [2.45, 2.75) is 26.3 Å². The molecule has 1 aliphatic heterocycles. The van der Waals surface area contributed by atoms with Crippen LogP contribution in [0.2, 0.25) is 0 Å². The molecule has 0 bridgehead atoms. The summed E-state index contributed by atoms with van der Waals surface area (Å²) in [6.07, 6.45) is 2.17. The number of hydrogen-bond acceptors (Lipinski definition) is 5. The first-order chi connectivity index (χ1) is 18.9. The minimum atomic E-state index is -0.845. The van der Waals surface area contributed by atoms with Gasteiger partial charge < -0.3 is 24.5 Å². The Balaban J connectivity index is 1.64. The SMILES string of the molecule is CCOc1ccc(/C(O)=C2\C(=O)C(=O)N(CCc3ccc(F)cc3)C2c2c[nH]c3ccccc23)c(OCC)c1. The number of aliphatic hydroxyl groups excluding tert-OH is 1. The molecule has 1 fully saturated rings. The third kappa shape index (κ3) is 4.97. The van der Waals surface area contributed by atoms with Crippen molar-refractivity contribution in [2.24, 2.45) is 0 Å². The summed E-state index contributed by atoms with van der Waals surface area (Å²) in [7, 11) is 0. The number of aromatic nitrogens is 1. The Hall–Kier alpha value is -4.59. The van der Waals surface area contributed by atoms with Crippen LogP contribution in [0.25, 0.3) is 16.7 Å². The molecule has 2 heterocycles. The number of Topliss-reactive ketones (excluding diaryl/α,β-unsaturated/α-hetero) is 1. The van der Waals surface area contributed by atoms with E-state index >= 15 is 0 Å². The van der Waals surface area contributed by atoms with Gasteiger partial charge in [-0.3, -0.25) is 9.59 Å². The largest absolute Gasteiger partial charge is 0.507 e. The van der Waals surface area contributed by atoms with Crippen LogP contribution in [0.5, 0.6) is 11.5 Å². The van der Waals surface area contributed by atoms with Crippen molar-refractivity contribution in [3.63, 3.8) is 0 Å². The number of H-pyrrole nitrogens is 1. The number of likely N-dealkylation sites (tertiary alicyclic amines) is 1. The Labute approximate surface area is 225 Å². The minimum absolute atomic E-state index is 0.0195. The van der Waals surface area contributed by atoms with Crippen molar-refractivity contribution in [3.05, 3.63) is 101 Å². The molecule has 0 spiro atoms. The molecule has 8 heteroatoms. The molecular weight excluding hydrogens is 499 g/mol. The van der Waals surface area contributed by atoms with E-state index in [1.165, 1.54) is 17.0 Å². The van der Waals surface area contributed by atoms with Crippen LogP contribution >= 0.6 is 0 Å². The quantitative estimate of drug-likeness (QED) is 0.164. The highest BCUT2D eigenvalue weighted by atomic mass is 19.1. The van der Waals surface area contributed by atoms with Gasteiger partial charge in [0, 0.05) is 35.3 Å². The van der Waals surface area contributed by atoms with Crippen molar-refractivity contribution in [3.8, 4) is 11.5 Å². The maximum Gasteiger partial charge on any atom is 0.295 e. The van der Waals surface area contributed by atoms with Crippen LogP contribution in [0.1, 0.15) is 36.6 Å². The monoisotopic (exact) mass is 528 g/mol. The summed E-state index contributed by atoms with van der Waals surface area (Å²) < 4.78 is 24.8. The van der Waals surface area contributed by atoms with Crippen molar-refractivity contribution in [1.82, 2.24) is 9.88 Å². The second-order valence-electron chi connectivity index (χ2n) is 9.18. The Morgan fingerprint density at radius 3 is 2.49 bits per heavy atom. The molecule has 39 heavy (non-hydrogen) atoms. The summed E-state index contributed by atoms with van der Waals surface area (Å²) in [4.78, 5) is 31.6. The fourth-order valence-corrected chi connectivity index (χ4v) is 5.03. The Kier molecular flexibility index (Phi) is 7.36. The number of ketones is 1. The average molecular weight is 529 g/mol. The van der Waals surface area contributed by atoms with Gasteiger partial charge in [0.15, 0.2) is 0 Å². The highest BCUT2D eigenvalue weighted by molar-refractivity contribution is 6.46.